The Balaban J connectivity index is 1.79. The van der Waals surface area contributed by atoms with Gasteiger partial charge >= 0.3 is 0 Å². The Morgan fingerprint density at radius 3 is 2.71 bits per heavy atom. The van der Waals surface area contributed by atoms with Crippen LogP contribution in [-0.4, -0.2) is 44.8 Å². The molecule has 146 valence electrons. The highest BCUT2D eigenvalue weighted by molar-refractivity contribution is 6.01. The van der Waals surface area contributed by atoms with E-state index in [1.807, 2.05) is 4.90 Å². The minimum absolute atomic E-state index is 0.000599. The molecule has 3 heterocycles. The number of likely N-dealkylation sites (tertiary alicyclic amines) is 1. The van der Waals surface area contributed by atoms with Gasteiger partial charge in [-0.1, -0.05) is 12.1 Å². The van der Waals surface area contributed by atoms with Crippen molar-refractivity contribution in [2.75, 3.05) is 13.1 Å². The second-order valence-corrected chi connectivity index (χ2v) is 7.21. The van der Waals surface area contributed by atoms with Gasteiger partial charge in [0.05, 0.1) is 6.20 Å². The summed E-state index contributed by atoms with van der Waals surface area (Å²) in [7, 11) is 1.78. The van der Waals surface area contributed by atoms with Gasteiger partial charge in [-0.15, -0.1) is 0 Å². The van der Waals surface area contributed by atoms with Gasteiger partial charge in [-0.25, -0.2) is 13.8 Å². The lowest BCUT2D eigenvalue weighted by Crippen LogP contribution is -2.34. The summed E-state index contributed by atoms with van der Waals surface area (Å²) >= 11 is 0. The van der Waals surface area contributed by atoms with Crippen molar-refractivity contribution in [1.29, 1.82) is 0 Å². The molecule has 0 radical (unpaired) electrons. The maximum absolute atomic E-state index is 15.3. The van der Waals surface area contributed by atoms with E-state index in [0.717, 1.165) is 5.56 Å². The zero-order valence-electron chi connectivity index (χ0n) is 15.5. The highest BCUT2D eigenvalue weighted by Crippen LogP contribution is 2.31. The number of rotatable bonds is 4. The topological polar surface area (TPSA) is 77.0 Å². The van der Waals surface area contributed by atoms with E-state index in [-0.39, 0.29) is 11.2 Å². The number of aromatic nitrogens is 3. The molecule has 4 rings (SSSR count). The van der Waals surface area contributed by atoms with Gasteiger partial charge in [0, 0.05) is 49.4 Å². The molecule has 28 heavy (non-hydrogen) atoms. The Bertz CT molecular complexity index is 1040. The Morgan fingerprint density at radius 1 is 1.32 bits per heavy atom. The molecule has 8 heteroatoms. The fraction of sp³-hybridized carbons (Fsp3) is 0.350. The third-order valence-electron chi connectivity index (χ3n) is 5.18. The maximum atomic E-state index is 15.3. The van der Waals surface area contributed by atoms with Gasteiger partial charge < -0.3 is 5.73 Å². The lowest BCUT2D eigenvalue weighted by Gasteiger charge is -2.28. The fourth-order valence-corrected chi connectivity index (χ4v) is 3.65. The summed E-state index contributed by atoms with van der Waals surface area (Å²) in [6.07, 6.45) is 3.58. The largest absolute Gasteiger partial charge is 0.364 e. The van der Waals surface area contributed by atoms with Gasteiger partial charge in [0.1, 0.15) is 17.4 Å². The van der Waals surface area contributed by atoms with Crippen molar-refractivity contribution in [3.63, 3.8) is 0 Å². The number of piperidine rings is 1. The third-order valence-corrected chi connectivity index (χ3v) is 5.18. The molecule has 1 fully saturated rings. The molecule has 3 aromatic rings. The van der Waals surface area contributed by atoms with E-state index in [9.17, 15) is 9.18 Å². The molecular formula is C20H21F2N5O. The molecule has 2 N–H and O–H groups in total. The zero-order chi connectivity index (χ0) is 19.8. The van der Waals surface area contributed by atoms with Crippen molar-refractivity contribution < 1.29 is 13.6 Å². The second-order valence-electron chi connectivity index (χ2n) is 7.21. The highest BCUT2D eigenvalue weighted by atomic mass is 19.1. The summed E-state index contributed by atoms with van der Waals surface area (Å²) in [5, 5.41) is 4.73. The van der Waals surface area contributed by atoms with E-state index in [1.54, 1.807) is 42.3 Å². The van der Waals surface area contributed by atoms with Crippen LogP contribution in [0.1, 0.15) is 28.9 Å². The van der Waals surface area contributed by atoms with Crippen molar-refractivity contribution in [3.8, 4) is 11.1 Å². The lowest BCUT2D eigenvalue weighted by atomic mass is 10.00. The second kappa shape index (κ2) is 7.27. The SMILES string of the molecule is Cn1cc(-c2cc(C(N)=O)nc3c(F)c(CN4CCC(F)CC4)ccc23)cn1. The number of fused-ring (bicyclic) bond motifs is 1. The normalized spacial score (nSPS) is 16.0. The van der Waals surface area contributed by atoms with Crippen LogP contribution in [0, 0.1) is 5.82 Å². The van der Waals surface area contributed by atoms with Gasteiger partial charge in [-0.3, -0.25) is 14.4 Å². The van der Waals surface area contributed by atoms with Crippen LogP contribution in [0.5, 0.6) is 0 Å². The molecule has 1 aliphatic rings. The number of hydrogen-bond donors (Lipinski definition) is 1. The van der Waals surface area contributed by atoms with Gasteiger partial charge in [0.2, 0.25) is 0 Å². The van der Waals surface area contributed by atoms with E-state index in [0.29, 0.717) is 49.0 Å². The summed E-state index contributed by atoms with van der Waals surface area (Å²) in [5.74, 6) is -1.20. The molecule has 0 atom stereocenters. The predicted octanol–water partition coefficient (Wildman–Crippen LogP) is 2.81. The van der Waals surface area contributed by atoms with Crippen molar-refractivity contribution in [1.82, 2.24) is 19.7 Å². The van der Waals surface area contributed by atoms with Crippen LogP contribution < -0.4 is 5.73 Å². The number of carbonyl (C=O) groups is 1. The lowest BCUT2D eigenvalue weighted by molar-refractivity contribution is 0.0996. The molecule has 0 aliphatic carbocycles. The number of nitrogens with zero attached hydrogens (tertiary/aromatic N) is 4. The van der Waals surface area contributed by atoms with Crippen molar-refractivity contribution >= 4 is 16.8 Å². The van der Waals surface area contributed by atoms with Crippen molar-refractivity contribution in [2.24, 2.45) is 12.8 Å². The first-order valence-corrected chi connectivity index (χ1v) is 9.19. The molecule has 1 aliphatic heterocycles. The number of hydrogen-bond acceptors (Lipinski definition) is 4. The van der Waals surface area contributed by atoms with Crippen LogP contribution in [0.25, 0.3) is 22.0 Å². The highest BCUT2D eigenvalue weighted by Gasteiger charge is 2.21. The van der Waals surface area contributed by atoms with E-state index >= 15 is 4.39 Å². The van der Waals surface area contributed by atoms with Crippen LogP contribution in [0.4, 0.5) is 8.78 Å². The standard InChI is InChI=1S/C20H21F2N5O/c1-26-10-13(9-24-26)16-8-17(20(23)28)25-19-15(16)3-2-12(18(19)22)11-27-6-4-14(21)5-7-27/h2-3,8-10,14H,4-7,11H2,1H3,(H2,23,28). The Hall–Kier alpha value is -2.87. The van der Waals surface area contributed by atoms with Crippen LogP contribution in [-0.2, 0) is 13.6 Å². The summed E-state index contributed by atoms with van der Waals surface area (Å²) in [4.78, 5) is 18.0. The molecular weight excluding hydrogens is 364 g/mol. The van der Waals surface area contributed by atoms with E-state index < -0.39 is 17.9 Å². The summed E-state index contributed by atoms with van der Waals surface area (Å²) < 4.78 is 30.3. The number of aryl methyl sites for hydroxylation is 1. The van der Waals surface area contributed by atoms with E-state index in [4.69, 9.17) is 5.73 Å². The van der Waals surface area contributed by atoms with Crippen LogP contribution in [0.15, 0.2) is 30.6 Å². The Kier molecular flexibility index (Phi) is 4.80. The summed E-state index contributed by atoms with van der Waals surface area (Å²) in [6, 6.07) is 5.09. The molecule has 1 amide bonds. The Morgan fingerprint density at radius 2 is 2.07 bits per heavy atom. The Labute approximate surface area is 161 Å². The summed E-state index contributed by atoms with van der Waals surface area (Å²) in [6.45, 7) is 1.56. The van der Waals surface area contributed by atoms with Gasteiger partial charge in [-0.05, 0) is 24.5 Å². The number of pyridine rings is 1. The minimum Gasteiger partial charge on any atom is -0.364 e. The monoisotopic (exact) mass is 385 g/mol. The van der Waals surface area contributed by atoms with Crippen LogP contribution >= 0.6 is 0 Å². The van der Waals surface area contributed by atoms with Crippen molar-refractivity contribution in [2.45, 2.75) is 25.6 Å². The van der Waals surface area contributed by atoms with Crippen LogP contribution in [0.3, 0.4) is 0 Å². The molecule has 1 aromatic carbocycles. The number of carbonyl (C=O) groups excluding carboxylic acids is 1. The molecule has 0 spiro atoms. The number of alkyl halides is 1. The average Bonchev–Trinajstić information content (AvgIpc) is 3.11. The van der Waals surface area contributed by atoms with Crippen molar-refractivity contribution in [3.05, 3.63) is 47.7 Å². The first kappa shape index (κ1) is 18.5. The first-order chi connectivity index (χ1) is 13.4. The van der Waals surface area contributed by atoms with Gasteiger partial charge in [0.25, 0.3) is 5.91 Å². The maximum Gasteiger partial charge on any atom is 0.267 e. The minimum atomic E-state index is -0.778. The van der Waals surface area contributed by atoms with Gasteiger partial charge in [-0.2, -0.15) is 5.10 Å². The number of benzene rings is 1. The molecule has 6 nitrogen and oxygen atoms in total. The van der Waals surface area contributed by atoms with E-state index in [2.05, 4.69) is 10.1 Å². The quantitative estimate of drug-likeness (QED) is 0.749. The van der Waals surface area contributed by atoms with Gasteiger partial charge in [0.15, 0.2) is 5.82 Å². The number of amides is 1. The predicted molar refractivity (Wildman–Crippen MR) is 102 cm³/mol. The molecule has 0 bridgehead atoms. The fourth-order valence-electron chi connectivity index (χ4n) is 3.65. The number of nitrogens with two attached hydrogens (primary N) is 1. The number of halogens is 2. The van der Waals surface area contributed by atoms with E-state index in [1.165, 1.54) is 0 Å². The third kappa shape index (κ3) is 3.47. The van der Waals surface area contributed by atoms with Crippen LogP contribution in [0.2, 0.25) is 0 Å². The number of primary amides is 1. The summed E-state index contributed by atoms with van der Waals surface area (Å²) in [5.41, 5.74) is 7.39. The molecule has 0 unspecified atom stereocenters. The smallest absolute Gasteiger partial charge is 0.267 e. The molecule has 2 aromatic heterocycles. The average molecular weight is 385 g/mol. The first-order valence-electron chi connectivity index (χ1n) is 9.19. The molecule has 0 saturated carbocycles. The zero-order valence-corrected chi connectivity index (χ0v) is 15.5. The molecule has 1 saturated heterocycles.